The molecule has 0 aliphatic carbocycles. The Morgan fingerprint density at radius 1 is 1.30 bits per heavy atom. The highest BCUT2D eigenvalue weighted by atomic mass is 33.3. The molecule has 0 heterocycles. The summed E-state index contributed by atoms with van der Waals surface area (Å²) in [5, 5.41) is 0. The van der Waals surface area contributed by atoms with Gasteiger partial charge in [0.1, 0.15) is 0 Å². The second kappa shape index (κ2) is 3.60. The minimum Gasteiger partial charge on any atom is -0.316 e. The van der Waals surface area contributed by atoms with Gasteiger partial charge in [-0.25, -0.2) is 9.13 Å². The fourth-order valence-corrected chi connectivity index (χ4v) is 3.20. The van der Waals surface area contributed by atoms with Crippen molar-refractivity contribution in [2.45, 2.75) is 0 Å². The Kier molecular flexibility index (Phi) is 3.96. The molecule has 0 aliphatic rings. The lowest BCUT2D eigenvalue weighted by molar-refractivity contribution is 0.271. The van der Waals surface area contributed by atoms with Crippen molar-refractivity contribution < 1.29 is 28.1 Å². The molecule has 0 spiro atoms. The van der Waals surface area contributed by atoms with Crippen molar-refractivity contribution in [3.8, 4) is 0 Å². The molecule has 10 heteroatoms. The molecule has 0 aromatic rings. The van der Waals surface area contributed by atoms with Crippen LogP contribution in [0, 0.1) is 0 Å². The Labute approximate surface area is 65.3 Å². The number of hydrogen-bond donors (Lipinski definition) is 4. The fraction of sp³-hybridized carbons (Fsp3) is 0. The fourth-order valence-electron chi connectivity index (χ4n) is 0.149. The molecule has 0 saturated carbocycles. The van der Waals surface area contributed by atoms with Crippen LogP contribution in [0.5, 0.6) is 0 Å². The van der Waals surface area contributed by atoms with Crippen molar-refractivity contribution in [3.63, 3.8) is 0 Å². The predicted molar refractivity (Wildman–Crippen MR) is 39.5 cm³/mol. The smallest absolute Gasteiger partial charge is 0.316 e. The first kappa shape index (κ1) is 11.0. The molecule has 0 rings (SSSR count). The minimum atomic E-state index is -4.89. The van der Waals surface area contributed by atoms with Gasteiger partial charge in [0.05, 0.1) is 0 Å². The lowest BCUT2D eigenvalue weighted by Gasteiger charge is -2.07. The zero-order valence-corrected chi connectivity index (χ0v) is 7.82. The van der Waals surface area contributed by atoms with Crippen LogP contribution in [-0.4, -0.2) is 14.7 Å². The third-order valence-corrected chi connectivity index (χ3v) is 5.27. The number of rotatable bonds is 3. The highest BCUT2D eigenvalue weighted by Crippen LogP contribution is 2.66. The third-order valence-electron chi connectivity index (χ3n) is 0.313. The van der Waals surface area contributed by atoms with Gasteiger partial charge in [0.25, 0.3) is 0 Å². The molecule has 3 N–H and O–H groups in total. The standard InChI is InChI=1S/H4O6P2S2/c1-7(2,3)6-8(4,5)10-9/h9H,(H,4,5)(H2,1,2,3). The number of phosphoric acid groups is 1. The number of thiol groups is 1. The minimum absolute atomic E-state index is 0.0451. The lowest BCUT2D eigenvalue weighted by atomic mass is 15.7. The van der Waals surface area contributed by atoms with Gasteiger partial charge in [-0.3, -0.25) is 0 Å². The molecular formula is H4O6P2S2. The SMILES string of the molecule is O=P(O)(O)OP(=O)(O)SS. The van der Waals surface area contributed by atoms with Gasteiger partial charge in [-0.2, -0.15) is 4.31 Å². The maximum Gasteiger partial charge on any atom is 0.477 e. The Hall–Kier alpha value is 1.000. The maximum absolute atomic E-state index is 10.3. The molecular weight excluding hydrogens is 222 g/mol. The molecule has 0 radical (unpaired) electrons. The summed E-state index contributed by atoms with van der Waals surface area (Å²) in [6.07, 6.45) is 0. The first-order valence-electron chi connectivity index (χ1n) is 1.70. The van der Waals surface area contributed by atoms with E-state index in [1.807, 2.05) is 0 Å². The summed E-state index contributed by atoms with van der Waals surface area (Å²) in [6.45, 7) is -4.28. The van der Waals surface area contributed by atoms with Gasteiger partial charge in [0, 0.05) is 10.4 Å². The summed E-state index contributed by atoms with van der Waals surface area (Å²) < 4.78 is 23.7. The van der Waals surface area contributed by atoms with Crippen LogP contribution >= 0.6 is 36.7 Å². The van der Waals surface area contributed by atoms with E-state index in [0.717, 1.165) is 0 Å². The summed E-state index contributed by atoms with van der Waals surface area (Å²) in [7, 11) is -4.84. The Morgan fingerprint density at radius 3 is 1.80 bits per heavy atom. The second-order valence-corrected chi connectivity index (χ2v) is 7.20. The van der Waals surface area contributed by atoms with E-state index < -0.39 is 14.6 Å². The second-order valence-electron chi connectivity index (χ2n) is 1.12. The van der Waals surface area contributed by atoms with E-state index in [9.17, 15) is 9.13 Å². The van der Waals surface area contributed by atoms with Crippen molar-refractivity contribution in [1.82, 2.24) is 0 Å². The van der Waals surface area contributed by atoms with Crippen molar-refractivity contribution in [2.75, 3.05) is 0 Å². The monoisotopic (exact) mass is 226 g/mol. The maximum atomic E-state index is 10.3. The molecule has 0 aliphatic heterocycles. The van der Waals surface area contributed by atoms with E-state index in [-0.39, 0.29) is 10.4 Å². The van der Waals surface area contributed by atoms with Crippen LogP contribution in [0.2, 0.25) is 0 Å². The largest absolute Gasteiger partial charge is 0.477 e. The molecule has 0 fully saturated rings. The zero-order valence-electron chi connectivity index (χ0n) is 4.32. The molecule has 0 saturated heterocycles. The van der Waals surface area contributed by atoms with Gasteiger partial charge in [-0.1, -0.05) is 11.7 Å². The van der Waals surface area contributed by atoms with E-state index in [1.165, 1.54) is 0 Å². The van der Waals surface area contributed by atoms with Crippen molar-refractivity contribution in [3.05, 3.63) is 0 Å². The van der Waals surface area contributed by atoms with Gasteiger partial charge >= 0.3 is 14.6 Å². The summed E-state index contributed by atoms with van der Waals surface area (Å²) in [6, 6.07) is 0. The predicted octanol–water partition coefficient (Wildman–Crippen LogP) is 0.774. The Morgan fingerprint density at radius 2 is 1.70 bits per heavy atom. The van der Waals surface area contributed by atoms with Gasteiger partial charge in [0.2, 0.25) is 0 Å². The van der Waals surface area contributed by atoms with Gasteiger partial charge in [0.15, 0.2) is 0 Å². The molecule has 0 aromatic heterocycles. The summed E-state index contributed by atoms with van der Waals surface area (Å²) in [5.74, 6) is 0. The summed E-state index contributed by atoms with van der Waals surface area (Å²) >= 11 is 3.25. The van der Waals surface area contributed by atoms with Crippen molar-refractivity contribution >= 4 is 36.7 Å². The molecule has 6 nitrogen and oxygen atoms in total. The molecule has 62 valence electrons. The average Bonchev–Trinajstić information content (AvgIpc) is 1.60. The quantitative estimate of drug-likeness (QED) is 0.320. The summed E-state index contributed by atoms with van der Waals surface area (Å²) in [4.78, 5) is 24.4. The first-order valence-corrected chi connectivity index (χ1v) is 7.28. The van der Waals surface area contributed by atoms with E-state index >= 15 is 0 Å². The third kappa shape index (κ3) is 5.76. The molecule has 10 heavy (non-hydrogen) atoms. The molecule has 1 unspecified atom stereocenters. The van der Waals surface area contributed by atoms with Crippen LogP contribution < -0.4 is 0 Å². The van der Waals surface area contributed by atoms with Gasteiger partial charge in [-0.15, -0.1) is 0 Å². The van der Waals surface area contributed by atoms with E-state index in [0.29, 0.717) is 0 Å². The van der Waals surface area contributed by atoms with E-state index in [2.05, 4.69) is 16.0 Å². The van der Waals surface area contributed by atoms with Crippen LogP contribution in [-0.2, 0) is 13.4 Å². The average molecular weight is 226 g/mol. The van der Waals surface area contributed by atoms with Crippen molar-refractivity contribution in [2.24, 2.45) is 0 Å². The highest BCUT2D eigenvalue weighted by Gasteiger charge is 2.30. The lowest BCUT2D eigenvalue weighted by Crippen LogP contribution is -1.81. The van der Waals surface area contributed by atoms with Crippen LogP contribution in [0.25, 0.3) is 0 Å². The molecule has 0 bridgehead atoms. The van der Waals surface area contributed by atoms with Crippen LogP contribution in [0.3, 0.4) is 0 Å². The Balaban J connectivity index is 4.17. The number of hydrogen-bond acceptors (Lipinski definition) is 5. The van der Waals surface area contributed by atoms with Crippen molar-refractivity contribution in [1.29, 1.82) is 0 Å². The van der Waals surface area contributed by atoms with Crippen LogP contribution in [0.15, 0.2) is 0 Å². The Bertz CT molecular complexity index is 192. The van der Waals surface area contributed by atoms with Crippen LogP contribution in [0.4, 0.5) is 0 Å². The molecule has 0 aromatic carbocycles. The summed E-state index contributed by atoms with van der Waals surface area (Å²) in [5.41, 5.74) is 0. The normalized spacial score (nSPS) is 18.4. The topological polar surface area (TPSA) is 104 Å². The van der Waals surface area contributed by atoms with Gasteiger partial charge in [-0.05, 0) is 0 Å². The zero-order chi connectivity index (χ0) is 8.41. The van der Waals surface area contributed by atoms with E-state index in [4.69, 9.17) is 14.7 Å². The van der Waals surface area contributed by atoms with E-state index in [1.54, 1.807) is 0 Å². The van der Waals surface area contributed by atoms with Gasteiger partial charge < -0.3 is 14.7 Å². The highest BCUT2D eigenvalue weighted by molar-refractivity contribution is 8.93. The first-order chi connectivity index (χ1) is 4.27. The molecule has 0 amide bonds. The molecule has 1 atom stereocenters. The van der Waals surface area contributed by atoms with Crippen LogP contribution in [0.1, 0.15) is 0 Å².